The first-order valence-corrected chi connectivity index (χ1v) is 7.73. The number of Topliss-reactive ketones (excluding diaryl/α,β-unsaturated/α-hetero) is 1. The molecule has 110 valence electrons. The zero-order chi connectivity index (χ0) is 14.4. The first kappa shape index (κ1) is 15.0. The Labute approximate surface area is 121 Å². The van der Waals surface area contributed by atoms with Gasteiger partial charge in [0.05, 0.1) is 12.2 Å². The number of rotatable bonds is 6. The van der Waals surface area contributed by atoms with Crippen molar-refractivity contribution in [3.8, 4) is 5.75 Å². The van der Waals surface area contributed by atoms with Crippen LogP contribution in [0.4, 0.5) is 0 Å². The van der Waals surface area contributed by atoms with Gasteiger partial charge in [0.2, 0.25) is 0 Å². The van der Waals surface area contributed by atoms with Gasteiger partial charge in [0.1, 0.15) is 5.75 Å². The minimum Gasteiger partial charge on any atom is -0.493 e. The molecule has 1 aromatic carbocycles. The Morgan fingerprint density at radius 1 is 1.35 bits per heavy atom. The van der Waals surface area contributed by atoms with Crippen LogP contribution in [0.2, 0.25) is 0 Å². The van der Waals surface area contributed by atoms with Gasteiger partial charge in [0.15, 0.2) is 5.78 Å². The summed E-state index contributed by atoms with van der Waals surface area (Å²) >= 11 is 0. The van der Waals surface area contributed by atoms with E-state index in [1.165, 1.54) is 12.8 Å². The molecule has 2 unspecified atom stereocenters. The van der Waals surface area contributed by atoms with Crippen LogP contribution in [0.1, 0.15) is 49.9 Å². The number of nitrogens with one attached hydrogen (secondary N) is 1. The third kappa shape index (κ3) is 3.83. The van der Waals surface area contributed by atoms with E-state index in [9.17, 15) is 4.79 Å². The van der Waals surface area contributed by atoms with Gasteiger partial charge >= 0.3 is 0 Å². The van der Waals surface area contributed by atoms with Crippen LogP contribution in [0.3, 0.4) is 0 Å². The number of hydrogen-bond acceptors (Lipinski definition) is 3. The average molecular weight is 275 g/mol. The monoisotopic (exact) mass is 275 g/mol. The van der Waals surface area contributed by atoms with Crippen LogP contribution in [0, 0.1) is 5.92 Å². The van der Waals surface area contributed by atoms with Crippen molar-refractivity contribution < 1.29 is 9.53 Å². The molecule has 0 radical (unpaired) electrons. The van der Waals surface area contributed by atoms with E-state index in [1.807, 2.05) is 31.2 Å². The molecule has 1 heterocycles. The average Bonchev–Trinajstić information content (AvgIpc) is 2.48. The van der Waals surface area contributed by atoms with Gasteiger partial charge < -0.3 is 10.1 Å². The molecule has 0 saturated carbocycles. The number of hydrogen-bond donors (Lipinski definition) is 1. The molecule has 1 saturated heterocycles. The Bertz CT molecular complexity index is 444. The van der Waals surface area contributed by atoms with Crippen LogP contribution in [0.5, 0.6) is 5.75 Å². The highest BCUT2D eigenvalue weighted by Gasteiger charge is 2.23. The number of benzene rings is 1. The molecule has 0 aromatic heterocycles. The number of ether oxygens (including phenoxy) is 1. The van der Waals surface area contributed by atoms with Crippen LogP contribution in [-0.4, -0.2) is 25.0 Å². The van der Waals surface area contributed by atoms with Gasteiger partial charge in [0, 0.05) is 12.5 Å². The Hall–Kier alpha value is -1.35. The number of piperidine rings is 1. The molecule has 2 atom stereocenters. The van der Waals surface area contributed by atoms with Gasteiger partial charge in [-0.3, -0.25) is 4.79 Å². The lowest BCUT2D eigenvalue weighted by atomic mass is 9.87. The molecule has 1 N–H and O–H groups in total. The molecule has 20 heavy (non-hydrogen) atoms. The summed E-state index contributed by atoms with van der Waals surface area (Å²) in [7, 11) is 0. The molecule has 0 aliphatic carbocycles. The lowest BCUT2D eigenvalue weighted by Crippen LogP contribution is -2.39. The quantitative estimate of drug-likeness (QED) is 0.808. The van der Waals surface area contributed by atoms with Gasteiger partial charge in [-0.05, 0) is 44.4 Å². The largest absolute Gasteiger partial charge is 0.493 e. The van der Waals surface area contributed by atoms with Gasteiger partial charge in [-0.2, -0.15) is 0 Å². The molecular weight excluding hydrogens is 250 g/mol. The normalized spacial score (nSPS) is 22.5. The molecule has 3 nitrogen and oxygen atoms in total. The fourth-order valence-corrected chi connectivity index (χ4v) is 2.93. The van der Waals surface area contributed by atoms with Crippen molar-refractivity contribution in [1.29, 1.82) is 0 Å². The minimum atomic E-state index is 0.184. The highest BCUT2D eigenvalue weighted by atomic mass is 16.5. The predicted octanol–water partition coefficient (Wildman–Crippen LogP) is 3.44. The molecule has 0 bridgehead atoms. The van der Waals surface area contributed by atoms with Crippen molar-refractivity contribution in [2.45, 2.75) is 45.6 Å². The second-order valence-corrected chi connectivity index (χ2v) is 5.51. The summed E-state index contributed by atoms with van der Waals surface area (Å²) in [5, 5.41) is 3.47. The molecular formula is C17H25NO2. The van der Waals surface area contributed by atoms with Crippen molar-refractivity contribution in [1.82, 2.24) is 5.32 Å². The van der Waals surface area contributed by atoms with Gasteiger partial charge in [-0.25, -0.2) is 0 Å². The maximum absolute atomic E-state index is 12.5. The Morgan fingerprint density at radius 3 is 2.90 bits per heavy atom. The van der Waals surface area contributed by atoms with Crippen molar-refractivity contribution in [3.63, 3.8) is 0 Å². The van der Waals surface area contributed by atoms with E-state index in [0.717, 1.165) is 24.4 Å². The van der Waals surface area contributed by atoms with Crippen molar-refractivity contribution in [2.24, 2.45) is 5.92 Å². The number of carbonyl (C=O) groups excluding carboxylic acids is 1. The molecule has 1 aliphatic rings. The van der Waals surface area contributed by atoms with Crippen molar-refractivity contribution in [3.05, 3.63) is 29.8 Å². The van der Waals surface area contributed by atoms with E-state index in [2.05, 4.69) is 12.2 Å². The third-order valence-corrected chi connectivity index (χ3v) is 4.10. The van der Waals surface area contributed by atoms with Gasteiger partial charge in [-0.15, -0.1) is 0 Å². The smallest absolute Gasteiger partial charge is 0.168 e. The van der Waals surface area contributed by atoms with E-state index >= 15 is 0 Å². The van der Waals surface area contributed by atoms with Crippen LogP contribution in [0.15, 0.2) is 24.3 Å². The summed E-state index contributed by atoms with van der Waals surface area (Å²) in [6.07, 6.45) is 4.12. The maximum Gasteiger partial charge on any atom is 0.168 e. The summed E-state index contributed by atoms with van der Waals surface area (Å²) < 4.78 is 5.55. The molecule has 3 heteroatoms. The SMILES string of the molecule is CCOc1ccccc1C(=O)CC1CC(CC)CCN1. The standard InChI is InChI=1S/C17H25NO2/c1-3-13-9-10-18-14(11-13)12-16(19)15-7-5-6-8-17(15)20-4-2/h5-8,13-14,18H,3-4,9-12H2,1-2H3. The van der Waals surface area contributed by atoms with E-state index in [0.29, 0.717) is 24.8 Å². The number of carbonyl (C=O) groups is 1. The van der Waals surface area contributed by atoms with E-state index in [-0.39, 0.29) is 5.78 Å². The lowest BCUT2D eigenvalue weighted by molar-refractivity contribution is 0.0953. The molecule has 0 spiro atoms. The maximum atomic E-state index is 12.5. The minimum absolute atomic E-state index is 0.184. The molecule has 1 aromatic rings. The first-order chi connectivity index (χ1) is 9.74. The van der Waals surface area contributed by atoms with Crippen LogP contribution in [0.25, 0.3) is 0 Å². The fourth-order valence-electron chi connectivity index (χ4n) is 2.93. The lowest BCUT2D eigenvalue weighted by Gasteiger charge is -2.29. The summed E-state index contributed by atoms with van der Waals surface area (Å²) in [6, 6.07) is 7.87. The van der Waals surface area contributed by atoms with Crippen LogP contribution >= 0.6 is 0 Å². The predicted molar refractivity (Wildman–Crippen MR) is 81.4 cm³/mol. The van der Waals surface area contributed by atoms with E-state index in [4.69, 9.17) is 4.74 Å². The zero-order valence-electron chi connectivity index (χ0n) is 12.5. The number of ketones is 1. The Balaban J connectivity index is 2.01. The fraction of sp³-hybridized carbons (Fsp3) is 0.588. The Kier molecular flexibility index (Phi) is 5.60. The van der Waals surface area contributed by atoms with E-state index in [1.54, 1.807) is 0 Å². The number of para-hydroxylation sites is 1. The summed E-state index contributed by atoms with van der Waals surface area (Å²) in [5.41, 5.74) is 0.717. The van der Waals surface area contributed by atoms with Crippen LogP contribution in [-0.2, 0) is 0 Å². The van der Waals surface area contributed by atoms with Crippen molar-refractivity contribution in [2.75, 3.05) is 13.2 Å². The first-order valence-electron chi connectivity index (χ1n) is 7.73. The molecule has 2 rings (SSSR count). The topological polar surface area (TPSA) is 38.3 Å². The summed E-state index contributed by atoms with van der Waals surface area (Å²) in [5.74, 6) is 1.65. The van der Waals surface area contributed by atoms with Crippen molar-refractivity contribution >= 4 is 5.78 Å². The second kappa shape index (κ2) is 7.44. The highest BCUT2D eigenvalue weighted by Crippen LogP contribution is 2.24. The van der Waals surface area contributed by atoms with Gasteiger partial charge in [-0.1, -0.05) is 25.5 Å². The van der Waals surface area contributed by atoms with E-state index < -0.39 is 0 Å². The molecule has 1 fully saturated rings. The molecule has 0 amide bonds. The summed E-state index contributed by atoms with van der Waals surface area (Å²) in [4.78, 5) is 12.5. The van der Waals surface area contributed by atoms with Crippen LogP contribution < -0.4 is 10.1 Å². The third-order valence-electron chi connectivity index (χ3n) is 4.10. The van der Waals surface area contributed by atoms with Gasteiger partial charge in [0.25, 0.3) is 0 Å². The summed E-state index contributed by atoms with van der Waals surface area (Å²) in [6.45, 7) is 5.79. The zero-order valence-corrected chi connectivity index (χ0v) is 12.5. The Morgan fingerprint density at radius 2 is 2.15 bits per heavy atom. The highest BCUT2D eigenvalue weighted by molar-refractivity contribution is 5.99. The second-order valence-electron chi connectivity index (χ2n) is 5.51. The molecule has 1 aliphatic heterocycles.